The van der Waals surface area contributed by atoms with Gasteiger partial charge in [-0.25, -0.2) is 10.9 Å². The smallest absolute Gasteiger partial charge is 0.322 e. The average Bonchev–Trinajstić information content (AvgIpc) is 3.24. The first-order valence-corrected chi connectivity index (χ1v) is 19.9. The number of carboxylic acid groups (broad SMARTS) is 1. The van der Waals surface area contributed by atoms with Crippen molar-refractivity contribution >= 4 is 53.0 Å². The van der Waals surface area contributed by atoms with Crippen molar-refractivity contribution in [3.05, 3.63) is 35.9 Å². The fraction of sp³-hybridized carbons (Fsp3) is 0.605. The van der Waals surface area contributed by atoms with Gasteiger partial charge in [0.2, 0.25) is 47.0 Å². The number of primary amides is 1. The van der Waals surface area contributed by atoms with E-state index in [0.717, 1.165) is 17.4 Å². The van der Waals surface area contributed by atoms with E-state index >= 15 is 0 Å². The highest BCUT2D eigenvalue weighted by Crippen LogP contribution is 2.11. The van der Waals surface area contributed by atoms with E-state index in [-0.39, 0.29) is 38.8 Å². The first-order chi connectivity index (χ1) is 29.3. The third kappa shape index (κ3) is 19.5. The maximum Gasteiger partial charge on any atom is 0.322 e. The van der Waals surface area contributed by atoms with E-state index in [1.807, 2.05) is 0 Å². The molecule has 348 valence electrons. The Morgan fingerprint density at radius 2 is 1.37 bits per heavy atom. The molecule has 1 aromatic rings. The molecule has 0 saturated heterocycles. The van der Waals surface area contributed by atoms with Crippen LogP contribution >= 0.6 is 0 Å². The highest BCUT2D eigenvalue weighted by atomic mass is 16.4. The van der Waals surface area contributed by atoms with Crippen LogP contribution < -0.4 is 49.3 Å². The van der Waals surface area contributed by atoms with Gasteiger partial charge in [-0.1, -0.05) is 37.3 Å². The van der Waals surface area contributed by atoms with Crippen LogP contribution in [0, 0.1) is 0 Å². The quantitative estimate of drug-likeness (QED) is 0.0182. The molecule has 0 heterocycles. The molecule has 0 aromatic heterocycles. The third-order valence-electron chi connectivity index (χ3n) is 9.23. The van der Waals surface area contributed by atoms with Crippen LogP contribution in [0.3, 0.4) is 0 Å². The summed E-state index contributed by atoms with van der Waals surface area (Å²) < 4.78 is 0. The summed E-state index contributed by atoms with van der Waals surface area (Å²) in [4.78, 5) is 115. The molecule has 0 bridgehead atoms. The predicted octanol–water partition coefficient (Wildman–Crippen LogP) is -6.46. The second-order valence-electron chi connectivity index (χ2n) is 14.3. The van der Waals surface area contributed by atoms with Gasteiger partial charge in [0.25, 0.3) is 0 Å². The molecular weight excluding hydrogens is 820 g/mol. The fourth-order valence-electron chi connectivity index (χ4n) is 5.68. The number of aliphatic carboxylic acids is 1. The third-order valence-corrected chi connectivity index (χ3v) is 9.23. The topological polar surface area (TPSA) is 408 Å². The number of unbranched alkanes of at least 4 members (excludes halogenated alkanes) is 1. The molecule has 17 N–H and O–H groups in total. The van der Waals surface area contributed by atoms with Crippen LogP contribution in [0.5, 0.6) is 0 Å². The Bertz CT molecular complexity index is 1650. The van der Waals surface area contributed by atoms with Gasteiger partial charge in [-0.3, -0.25) is 43.2 Å². The minimum absolute atomic E-state index is 0.157. The maximum absolute atomic E-state index is 13.4. The lowest BCUT2D eigenvalue weighted by atomic mass is 9.98. The van der Waals surface area contributed by atoms with Crippen LogP contribution in [0.15, 0.2) is 30.3 Å². The van der Waals surface area contributed by atoms with E-state index in [2.05, 4.69) is 32.1 Å². The van der Waals surface area contributed by atoms with Crippen LogP contribution in [-0.2, 0) is 49.6 Å². The molecule has 1 rings (SSSR count). The number of hydrazine groups is 1. The molecule has 1 aromatic carbocycles. The van der Waals surface area contributed by atoms with E-state index in [1.54, 1.807) is 30.3 Å². The SMILES string of the molecule is CCC(=O)N(CC(N)CO)C(CC(N)=O)C(=O)N[C@H](C(=O)C(=O)[C@H](CO)NNC(CCC(=O)NCCCCNC(=O)C(Cc1ccccc1)NC(=O)C(N)CO)C(=O)O)[C@@H](C)O. The number of carbonyl (C=O) groups is 9. The molecule has 6 amide bonds. The predicted molar refractivity (Wildman–Crippen MR) is 218 cm³/mol. The highest BCUT2D eigenvalue weighted by molar-refractivity contribution is 6.41. The largest absolute Gasteiger partial charge is 0.480 e. The van der Waals surface area contributed by atoms with Crippen molar-refractivity contribution in [3.8, 4) is 0 Å². The molecule has 0 saturated carbocycles. The summed E-state index contributed by atoms with van der Waals surface area (Å²) in [5.41, 5.74) is 21.9. The number of rotatable bonds is 32. The van der Waals surface area contributed by atoms with Crippen molar-refractivity contribution in [1.29, 1.82) is 0 Å². The van der Waals surface area contributed by atoms with Gasteiger partial charge in [-0.05, 0) is 31.7 Å². The molecule has 8 atom stereocenters. The zero-order valence-electron chi connectivity index (χ0n) is 34.8. The summed E-state index contributed by atoms with van der Waals surface area (Å²) in [5.74, 6) is -8.95. The van der Waals surface area contributed by atoms with E-state index in [9.17, 15) is 68.7 Å². The van der Waals surface area contributed by atoms with Gasteiger partial charge in [-0.2, -0.15) is 0 Å². The van der Waals surface area contributed by atoms with E-state index < -0.39 is 134 Å². The zero-order chi connectivity index (χ0) is 46.9. The molecule has 0 spiro atoms. The van der Waals surface area contributed by atoms with E-state index in [1.165, 1.54) is 6.92 Å². The first-order valence-electron chi connectivity index (χ1n) is 19.9. The summed E-state index contributed by atoms with van der Waals surface area (Å²) in [6, 6.07) is -1.30. The molecule has 24 heteroatoms. The van der Waals surface area contributed by atoms with Crippen molar-refractivity contribution in [1.82, 2.24) is 37.0 Å². The molecule has 24 nitrogen and oxygen atoms in total. The van der Waals surface area contributed by atoms with Gasteiger partial charge < -0.3 is 68.9 Å². The summed E-state index contributed by atoms with van der Waals surface area (Å²) in [7, 11) is 0. The number of nitrogens with one attached hydrogen (secondary N) is 6. The Morgan fingerprint density at radius 1 is 0.758 bits per heavy atom. The summed E-state index contributed by atoms with van der Waals surface area (Å²) >= 11 is 0. The number of hydrogen-bond acceptors (Lipinski definition) is 17. The van der Waals surface area contributed by atoms with Gasteiger partial charge in [0.15, 0.2) is 0 Å². The molecule has 0 aliphatic carbocycles. The van der Waals surface area contributed by atoms with Crippen LogP contribution in [0.1, 0.15) is 57.9 Å². The number of amides is 6. The maximum atomic E-state index is 13.4. The molecule has 0 fully saturated rings. The van der Waals surface area contributed by atoms with Crippen LogP contribution in [0.25, 0.3) is 0 Å². The first kappa shape index (κ1) is 54.5. The van der Waals surface area contributed by atoms with Crippen LogP contribution in [-0.4, -0.2) is 171 Å². The Labute approximate surface area is 358 Å². The van der Waals surface area contributed by atoms with Gasteiger partial charge in [0.1, 0.15) is 36.3 Å². The van der Waals surface area contributed by atoms with Crippen LogP contribution in [0.4, 0.5) is 0 Å². The minimum atomic E-state index is -1.98. The second kappa shape index (κ2) is 28.9. The second-order valence-corrected chi connectivity index (χ2v) is 14.3. The normalized spacial score (nSPS) is 15.0. The standard InChI is InChI=1S/C38H62N10O14/c1-3-31(55)48(17-23(39)18-49)28(16-29(41)53)37(60)45-32(21(2)52)34(57)33(56)27(20-51)47-46-25(38(61)62)11-12-30(54)42-13-7-8-14-43-36(59)26(44-35(58)24(40)19-50)15-22-9-5-4-6-10-22/h4-6,9-10,21,23-28,32,46-47,49-52H,3,7-8,11-20,39-40H2,1-2H3,(H2,41,53)(H,42,54)(H,43,59)(H,44,58)(H,45,60)(H,61,62)/t21-,23?,24?,25?,26?,27+,28?,32+/m1/s1. The fourth-order valence-corrected chi connectivity index (χ4v) is 5.68. The molecule has 0 radical (unpaired) electrons. The molecule has 0 aliphatic heterocycles. The lowest BCUT2D eigenvalue weighted by Gasteiger charge is -2.33. The van der Waals surface area contributed by atoms with Gasteiger partial charge in [-0.15, -0.1) is 0 Å². The lowest BCUT2D eigenvalue weighted by molar-refractivity contribution is -0.146. The summed E-state index contributed by atoms with van der Waals surface area (Å²) in [5, 5.41) is 58.5. The Hall–Kier alpha value is -5.47. The molecule has 62 heavy (non-hydrogen) atoms. The Kier molecular flexibility index (Phi) is 25.5. The zero-order valence-corrected chi connectivity index (χ0v) is 34.8. The Morgan fingerprint density at radius 3 is 1.90 bits per heavy atom. The number of aliphatic hydroxyl groups excluding tert-OH is 4. The number of Topliss-reactive ketones (excluding diaryl/α,β-unsaturated/α-hetero) is 2. The van der Waals surface area contributed by atoms with Gasteiger partial charge in [0.05, 0.1) is 32.3 Å². The van der Waals surface area contributed by atoms with Crippen molar-refractivity contribution in [2.24, 2.45) is 17.2 Å². The average molecular weight is 883 g/mol. The van der Waals surface area contributed by atoms with E-state index in [0.29, 0.717) is 12.8 Å². The summed E-state index contributed by atoms with van der Waals surface area (Å²) in [6.07, 6.45) is -2.33. The number of benzene rings is 1. The summed E-state index contributed by atoms with van der Waals surface area (Å²) in [6.45, 7) is 0.155. The van der Waals surface area contributed by atoms with Crippen molar-refractivity contribution in [2.45, 2.75) is 107 Å². The van der Waals surface area contributed by atoms with Crippen molar-refractivity contribution in [2.75, 3.05) is 39.5 Å². The number of ketones is 2. The van der Waals surface area contributed by atoms with Gasteiger partial charge >= 0.3 is 5.97 Å². The lowest BCUT2D eigenvalue weighted by Crippen LogP contribution is -2.61. The number of nitrogens with two attached hydrogens (primary N) is 3. The highest BCUT2D eigenvalue weighted by Gasteiger charge is 2.39. The van der Waals surface area contributed by atoms with Gasteiger partial charge in [0, 0.05) is 44.9 Å². The van der Waals surface area contributed by atoms with Crippen molar-refractivity contribution < 1.29 is 68.7 Å². The number of hydrogen-bond donors (Lipinski definition) is 14. The van der Waals surface area contributed by atoms with Crippen molar-refractivity contribution in [3.63, 3.8) is 0 Å². The van der Waals surface area contributed by atoms with Crippen LogP contribution in [0.2, 0.25) is 0 Å². The number of aliphatic hydroxyl groups is 4. The monoisotopic (exact) mass is 882 g/mol. The molecule has 0 aliphatic rings. The van der Waals surface area contributed by atoms with E-state index in [4.69, 9.17) is 17.2 Å². The molecular formula is C38H62N10O14. The Balaban J connectivity index is 2.77. The minimum Gasteiger partial charge on any atom is -0.480 e. The number of carbonyl (C=O) groups excluding carboxylic acids is 8. The molecule has 5 unspecified atom stereocenters. The number of carboxylic acids is 1. The number of nitrogens with zero attached hydrogens (tertiary/aromatic N) is 1.